The molecule has 0 amide bonds. The van der Waals surface area contributed by atoms with Crippen LogP contribution in [0, 0.1) is 6.92 Å². The third-order valence-electron chi connectivity index (χ3n) is 5.76. The molecule has 142 valence electrons. The molecule has 3 aromatic rings. The van der Waals surface area contributed by atoms with E-state index in [4.69, 9.17) is 21.7 Å². The van der Waals surface area contributed by atoms with Crippen molar-refractivity contribution in [2.24, 2.45) is 0 Å². The maximum atomic E-state index is 6.04. The fourth-order valence-corrected chi connectivity index (χ4v) is 4.29. The van der Waals surface area contributed by atoms with Gasteiger partial charge in [0.15, 0.2) is 5.65 Å². The third-order valence-corrected chi connectivity index (χ3v) is 6.01. The molecule has 0 bridgehead atoms. The third kappa shape index (κ3) is 3.55. The fraction of sp³-hybridized carbons (Fsp3) is 0.455. The number of anilines is 1. The molecule has 0 radical (unpaired) electrons. The molecule has 1 fully saturated rings. The Hall–Kier alpha value is -2.07. The Morgan fingerprint density at radius 1 is 1.19 bits per heavy atom. The first-order chi connectivity index (χ1) is 13.1. The first-order valence-electron chi connectivity index (χ1n) is 9.96. The molecule has 2 unspecified atom stereocenters. The van der Waals surface area contributed by atoms with E-state index in [0.717, 1.165) is 35.0 Å². The Bertz CT molecular complexity index is 931. The second kappa shape index (κ2) is 7.51. The Morgan fingerprint density at radius 3 is 2.70 bits per heavy atom. The van der Waals surface area contributed by atoms with Crippen molar-refractivity contribution in [3.8, 4) is 0 Å². The van der Waals surface area contributed by atoms with Gasteiger partial charge in [0, 0.05) is 41.4 Å². The number of aromatic nitrogens is 3. The van der Waals surface area contributed by atoms with E-state index in [-0.39, 0.29) is 5.92 Å². The van der Waals surface area contributed by atoms with Gasteiger partial charge in [-0.05, 0) is 50.3 Å². The maximum Gasteiger partial charge on any atom is 0.157 e. The van der Waals surface area contributed by atoms with E-state index in [2.05, 4.69) is 49.9 Å². The molecule has 0 N–H and O–H groups in total. The molecule has 0 spiro atoms. The average Bonchev–Trinajstić information content (AvgIpc) is 3.11. The standard InChI is InChI=1S/C22H27ClN4/c1-4-19-7-5-6-12-26(19)22-13-15(2)24-21-14-20(25-27(21)22)16(3)17-8-10-18(23)11-9-17/h8-11,13-14,16,19H,4-7,12H2,1-3H3. The van der Waals surface area contributed by atoms with Crippen LogP contribution >= 0.6 is 11.6 Å². The van der Waals surface area contributed by atoms with Crippen LogP contribution < -0.4 is 4.90 Å². The van der Waals surface area contributed by atoms with Crippen LogP contribution in [0.4, 0.5) is 5.82 Å². The highest BCUT2D eigenvalue weighted by Crippen LogP contribution is 2.30. The number of aryl methyl sites for hydroxylation is 1. The molecule has 5 heteroatoms. The lowest BCUT2D eigenvalue weighted by Gasteiger charge is -2.37. The number of hydrogen-bond acceptors (Lipinski definition) is 3. The van der Waals surface area contributed by atoms with Crippen LogP contribution in [-0.4, -0.2) is 27.2 Å². The highest BCUT2D eigenvalue weighted by Gasteiger charge is 2.24. The second-order valence-electron chi connectivity index (χ2n) is 7.62. The van der Waals surface area contributed by atoms with E-state index in [0.29, 0.717) is 6.04 Å². The summed E-state index contributed by atoms with van der Waals surface area (Å²) >= 11 is 6.04. The summed E-state index contributed by atoms with van der Waals surface area (Å²) in [5, 5.41) is 5.74. The van der Waals surface area contributed by atoms with E-state index in [1.807, 2.05) is 16.6 Å². The summed E-state index contributed by atoms with van der Waals surface area (Å²) in [4.78, 5) is 7.28. The van der Waals surface area contributed by atoms with Crippen molar-refractivity contribution >= 4 is 23.1 Å². The van der Waals surface area contributed by atoms with Crippen LogP contribution in [0.1, 0.15) is 62.4 Å². The zero-order valence-electron chi connectivity index (χ0n) is 16.3. The van der Waals surface area contributed by atoms with Crippen molar-refractivity contribution < 1.29 is 0 Å². The molecule has 1 aliphatic rings. The number of fused-ring (bicyclic) bond motifs is 1. The lowest BCUT2D eigenvalue weighted by molar-refractivity contribution is 0.443. The number of hydrogen-bond donors (Lipinski definition) is 0. The van der Waals surface area contributed by atoms with Crippen LogP contribution in [0.2, 0.25) is 5.02 Å². The highest BCUT2D eigenvalue weighted by atomic mass is 35.5. The SMILES string of the molecule is CCC1CCCCN1c1cc(C)nc2cc(C(C)c3ccc(Cl)cc3)nn12. The molecule has 2 aromatic heterocycles. The molecule has 1 aromatic carbocycles. The molecule has 0 saturated carbocycles. The Morgan fingerprint density at radius 2 is 1.96 bits per heavy atom. The van der Waals surface area contributed by atoms with Crippen molar-refractivity contribution in [3.05, 3.63) is 58.4 Å². The monoisotopic (exact) mass is 382 g/mol. The van der Waals surface area contributed by atoms with Crippen molar-refractivity contribution in [1.82, 2.24) is 14.6 Å². The van der Waals surface area contributed by atoms with Crippen LogP contribution in [0.3, 0.4) is 0 Å². The summed E-state index contributed by atoms with van der Waals surface area (Å²) in [7, 11) is 0. The summed E-state index contributed by atoms with van der Waals surface area (Å²) in [6, 6.07) is 12.9. The first-order valence-corrected chi connectivity index (χ1v) is 10.3. The van der Waals surface area contributed by atoms with Crippen molar-refractivity contribution in [2.45, 2.75) is 58.4 Å². The van der Waals surface area contributed by atoms with Crippen molar-refractivity contribution in [2.75, 3.05) is 11.4 Å². The molecule has 4 nitrogen and oxygen atoms in total. The van der Waals surface area contributed by atoms with Crippen LogP contribution in [0.5, 0.6) is 0 Å². The lowest BCUT2D eigenvalue weighted by Crippen LogP contribution is -2.40. The molecule has 27 heavy (non-hydrogen) atoms. The van der Waals surface area contributed by atoms with Gasteiger partial charge in [0.25, 0.3) is 0 Å². The van der Waals surface area contributed by atoms with Gasteiger partial charge in [0.1, 0.15) is 5.82 Å². The number of benzene rings is 1. The first kappa shape index (κ1) is 18.3. The average molecular weight is 383 g/mol. The number of nitrogens with zero attached hydrogens (tertiary/aromatic N) is 4. The van der Waals surface area contributed by atoms with E-state index in [1.165, 1.54) is 30.6 Å². The maximum absolute atomic E-state index is 6.04. The number of rotatable bonds is 4. The highest BCUT2D eigenvalue weighted by molar-refractivity contribution is 6.30. The van der Waals surface area contributed by atoms with Gasteiger partial charge in [0.05, 0.1) is 5.69 Å². The smallest absolute Gasteiger partial charge is 0.157 e. The second-order valence-corrected chi connectivity index (χ2v) is 8.06. The molecule has 1 aliphatic heterocycles. The van der Waals surface area contributed by atoms with E-state index < -0.39 is 0 Å². The molecule has 2 atom stereocenters. The summed E-state index contributed by atoms with van der Waals surface area (Å²) in [5.41, 5.74) is 4.23. The number of piperidine rings is 1. The quantitative estimate of drug-likeness (QED) is 0.587. The normalized spacial score (nSPS) is 18.8. The van der Waals surface area contributed by atoms with Crippen LogP contribution in [0.25, 0.3) is 5.65 Å². The Labute approximate surface area is 166 Å². The van der Waals surface area contributed by atoms with Gasteiger partial charge in [-0.1, -0.05) is 37.6 Å². The van der Waals surface area contributed by atoms with Crippen molar-refractivity contribution in [3.63, 3.8) is 0 Å². The van der Waals surface area contributed by atoms with Gasteiger partial charge < -0.3 is 4.90 Å². The lowest BCUT2D eigenvalue weighted by atomic mass is 9.98. The molecular formula is C22H27ClN4. The van der Waals surface area contributed by atoms with E-state index in [9.17, 15) is 0 Å². The molecular weight excluding hydrogens is 356 g/mol. The Balaban J connectivity index is 1.76. The van der Waals surface area contributed by atoms with E-state index >= 15 is 0 Å². The summed E-state index contributed by atoms with van der Waals surface area (Å²) in [5.74, 6) is 1.37. The fourth-order valence-electron chi connectivity index (χ4n) is 4.16. The summed E-state index contributed by atoms with van der Waals surface area (Å²) < 4.78 is 2.04. The molecule has 4 rings (SSSR count). The van der Waals surface area contributed by atoms with Gasteiger partial charge in [-0.15, -0.1) is 0 Å². The zero-order chi connectivity index (χ0) is 19.0. The summed E-state index contributed by atoms with van der Waals surface area (Å²) in [6.07, 6.45) is 4.99. The predicted molar refractivity (Wildman–Crippen MR) is 112 cm³/mol. The molecule has 0 aliphatic carbocycles. The van der Waals surface area contributed by atoms with E-state index in [1.54, 1.807) is 0 Å². The minimum Gasteiger partial charge on any atom is -0.353 e. The minimum absolute atomic E-state index is 0.195. The van der Waals surface area contributed by atoms with Crippen LogP contribution in [-0.2, 0) is 0 Å². The van der Waals surface area contributed by atoms with Gasteiger partial charge in [-0.25, -0.2) is 4.98 Å². The van der Waals surface area contributed by atoms with Gasteiger partial charge >= 0.3 is 0 Å². The molecule has 1 saturated heterocycles. The van der Waals surface area contributed by atoms with Crippen molar-refractivity contribution in [1.29, 1.82) is 0 Å². The predicted octanol–water partition coefficient (Wildman–Crippen LogP) is 5.61. The van der Waals surface area contributed by atoms with Gasteiger partial charge in [0.2, 0.25) is 0 Å². The largest absolute Gasteiger partial charge is 0.353 e. The zero-order valence-corrected chi connectivity index (χ0v) is 17.1. The topological polar surface area (TPSA) is 33.4 Å². The minimum atomic E-state index is 0.195. The van der Waals surface area contributed by atoms with Gasteiger partial charge in [-0.2, -0.15) is 9.61 Å². The summed E-state index contributed by atoms with van der Waals surface area (Å²) in [6.45, 7) is 7.64. The molecule has 3 heterocycles. The number of halogens is 1. The Kier molecular flexibility index (Phi) is 5.09. The van der Waals surface area contributed by atoms with Gasteiger partial charge in [-0.3, -0.25) is 0 Å². The van der Waals surface area contributed by atoms with Crippen LogP contribution in [0.15, 0.2) is 36.4 Å².